The van der Waals surface area contributed by atoms with E-state index < -0.39 is 0 Å². The lowest BCUT2D eigenvalue weighted by Gasteiger charge is -2.02. The molecule has 0 spiro atoms. The lowest BCUT2D eigenvalue weighted by Crippen LogP contribution is -1.87. The van der Waals surface area contributed by atoms with Gasteiger partial charge in [-0.25, -0.2) is 0 Å². The van der Waals surface area contributed by atoms with Crippen LogP contribution in [0.4, 0.5) is 5.69 Å². The van der Waals surface area contributed by atoms with Crippen LogP contribution in [0.2, 0.25) is 0 Å². The summed E-state index contributed by atoms with van der Waals surface area (Å²) in [6.45, 7) is 0. The fourth-order valence-corrected chi connectivity index (χ4v) is 2.18. The molecule has 1 heterocycles. The molecule has 0 fully saturated rings. The van der Waals surface area contributed by atoms with Crippen molar-refractivity contribution in [3.05, 3.63) is 35.5 Å². The van der Waals surface area contributed by atoms with E-state index in [1.54, 1.807) is 6.20 Å². The van der Waals surface area contributed by atoms with Crippen molar-refractivity contribution >= 4 is 5.69 Å². The molecule has 0 radical (unpaired) electrons. The zero-order valence-electron chi connectivity index (χ0n) is 8.36. The lowest BCUT2D eigenvalue weighted by molar-refractivity contribution is 0.432. The van der Waals surface area contributed by atoms with Crippen LogP contribution in [-0.2, 0) is 12.8 Å². The van der Waals surface area contributed by atoms with Crippen molar-refractivity contribution in [2.75, 3.05) is 5.73 Å². The van der Waals surface area contributed by atoms with Crippen LogP contribution in [-0.4, -0.2) is 5.16 Å². The Balaban J connectivity index is 2.11. The molecule has 0 bridgehead atoms. The van der Waals surface area contributed by atoms with Crippen LogP contribution in [0.1, 0.15) is 17.5 Å². The molecule has 15 heavy (non-hydrogen) atoms. The molecule has 2 N–H and O–H groups in total. The monoisotopic (exact) mass is 200 g/mol. The van der Waals surface area contributed by atoms with Crippen LogP contribution in [0.15, 0.2) is 28.9 Å². The maximum Gasteiger partial charge on any atom is 0.189 e. The van der Waals surface area contributed by atoms with Gasteiger partial charge in [-0.1, -0.05) is 17.3 Å². The van der Waals surface area contributed by atoms with Gasteiger partial charge in [0.15, 0.2) is 5.76 Å². The highest BCUT2D eigenvalue weighted by Gasteiger charge is 2.14. The standard InChI is InChI=1S/C12H12N2O/c13-11-7-14-15-12(11)10-5-4-8-2-1-3-9(8)6-10/h4-7H,1-3,13H2. The SMILES string of the molecule is Nc1cnoc1-c1ccc2c(c1)CCC2. The summed E-state index contributed by atoms with van der Waals surface area (Å²) >= 11 is 0. The van der Waals surface area contributed by atoms with Crippen molar-refractivity contribution in [1.29, 1.82) is 0 Å². The van der Waals surface area contributed by atoms with Crippen LogP contribution in [0.5, 0.6) is 0 Å². The van der Waals surface area contributed by atoms with Crippen LogP contribution in [0.3, 0.4) is 0 Å². The smallest absolute Gasteiger partial charge is 0.189 e. The molecule has 0 saturated heterocycles. The Morgan fingerprint density at radius 2 is 2.07 bits per heavy atom. The largest absolute Gasteiger partial charge is 0.394 e. The second-order valence-electron chi connectivity index (χ2n) is 3.95. The van der Waals surface area contributed by atoms with Gasteiger partial charge in [0.1, 0.15) is 5.69 Å². The molecule has 0 aliphatic heterocycles. The van der Waals surface area contributed by atoms with Gasteiger partial charge in [-0.15, -0.1) is 0 Å². The third-order valence-electron chi connectivity index (χ3n) is 2.96. The van der Waals surface area contributed by atoms with Crippen LogP contribution >= 0.6 is 0 Å². The van der Waals surface area contributed by atoms with Gasteiger partial charge in [0.25, 0.3) is 0 Å². The molecule has 1 aromatic heterocycles. The quantitative estimate of drug-likeness (QED) is 0.769. The third kappa shape index (κ3) is 1.31. The first kappa shape index (κ1) is 8.53. The minimum Gasteiger partial charge on any atom is -0.394 e. The minimum atomic E-state index is 0.605. The second kappa shape index (κ2) is 3.12. The predicted molar refractivity (Wildman–Crippen MR) is 58.4 cm³/mol. The number of hydrogen-bond donors (Lipinski definition) is 1. The Labute approximate surface area is 87.9 Å². The lowest BCUT2D eigenvalue weighted by atomic mass is 10.0. The Morgan fingerprint density at radius 1 is 1.20 bits per heavy atom. The van der Waals surface area contributed by atoms with E-state index in [1.165, 1.54) is 24.0 Å². The number of rotatable bonds is 1. The number of benzene rings is 1. The number of nitrogen functional groups attached to an aromatic ring is 1. The van der Waals surface area contributed by atoms with Gasteiger partial charge in [-0.05, 0) is 36.5 Å². The zero-order chi connectivity index (χ0) is 10.3. The molecule has 0 amide bonds. The Kier molecular flexibility index (Phi) is 1.78. The van der Waals surface area contributed by atoms with Crippen molar-refractivity contribution in [2.45, 2.75) is 19.3 Å². The highest BCUT2D eigenvalue weighted by molar-refractivity contribution is 5.70. The van der Waals surface area contributed by atoms with Gasteiger partial charge in [-0.3, -0.25) is 0 Å². The fourth-order valence-electron chi connectivity index (χ4n) is 2.18. The summed E-state index contributed by atoms with van der Waals surface area (Å²) in [7, 11) is 0. The average Bonchev–Trinajstić information content (AvgIpc) is 2.84. The summed E-state index contributed by atoms with van der Waals surface area (Å²) in [5.41, 5.74) is 10.3. The van der Waals surface area contributed by atoms with E-state index in [2.05, 4.69) is 23.4 Å². The molecule has 3 rings (SSSR count). The summed E-state index contributed by atoms with van der Waals surface area (Å²) < 4.78 is 5.14. The van der Waals surface area contributed by atoms with E-state index in [0.717, 1.165) is 12.0 Å². The van der Waals surface area contributed by atoms with Gasteiger partial charge in [0.05, 0.1) is 6.20 Å². The number of nitrogens with two attached hydrogens (primary N) is 1. The number of hydrogen-bond acceptors (Lipinski definition) is 3. The number of anilines is 1. The van der Waals surface area contributed by atoms with Gasteiger partial charge in [0.2, 0.25) is 0 Å². The molecule has 1 aliphatic carbocycles. The molecule has 2 aromatic rings. The molecular weight excluding hydrogens is 188 g/mol. The average molecular weight is 200 g/mol. The van der Waals surface area contributed by atoms with E-state index in [9.17, 15) is 0 Å². The first-order valence-electron chi connectivity index (χ1n) is 5.17. The maximum absolute atomic E-state index is 5.76. The van der Waals surface area contributed by atoms with Crippen molar-refractivity contribution < 1.29 is 4.52 Å². The molecule has 76 valence electrons. The number of aromatic nitrogens is 1. The molecule has 0 saturated carbocycles. The van der Waals surface area contributed by atoms with Gasteiger partial charge in [0, 0.05) is 5.56 Å². The molecule has 0 unspecified atom stereocenters. The third-order valence-corrected chi connectivity index (χ3v) is 2.96. The first-order valence-corrected chi connectivity index (χ1v) is 5.17. The fraction of sp³-hybridized carbons (Fsp3) is 0.250. The van der Waals surface area contributed by atoms with E-state index in [0.29, 0.717) is 11.4 Å². The Hall–Kier alpha value is -1.77. The highest BCUT2D eigenvalue weighted by Crippen LogP contribution is 2.30. The van der Waals surface area contributed by atoms with Gasteiger partial charge in [-0.2, -0.15) is 0 Å². The summed E-state index contributed by atoms with van der Waals surface area (Å²) in [6, 6.07) is 6.39. The van der Waals surface area contributed by atoms with Crippen LogP contribution < -0.4 is 5.73 Å². The molecule has 0 atom stereocenters. The minimum absolute atomic E-state index is 0.605. The van der Waals surface area contributed by atoms with E-state index in [4.69, 9.17) is 10.3 Å². The van der Waals surface area contributed by atoms with Gasteiger partial charge < -0.3 is 10.3 Å². The van der Waals surface area contributed by atoms with Crippen molar-refractivity contribution in [3.63, 3.8) is 0 Å². The topological polar surface area (TPSA) is 52.0 Å². The van der Waals surface area contributed by atoms with E-state index in [1.807, 2.05) is 0 Å². The summed E-state index contributed by atoms with van der Waals surface area (Å²) in [5, 5.41) is 3.69. The predicted octanol–water partition coefficient (Wildman–Crippen LogP) is 2.41. The summed E-state index contributed by atoms with van der Waals surface area (Å²) in [6.07, 6.45) is 5.16. The number of aryl methyl sites for hydroxylation is 2. The van der Waals surface area contributed by atoms with Gasteiger partial charge >= 0.3 is 0 Å². The zero-order valence-corrected chi connectivity index (χ0v) is 8.36. The highest BCUT2D eigenvalue weighted by atomic mass is 16.5. The van der Waals surface area contributed by atoms with Crippen molar-refractivity contribution in [3.8, 4) is 11.3 Å². The Bertz CT molecular complexity index is 502. The summed E-state index contributed by atoms with van der Waals surface area (Å²) in [5.74, 6) is 0.685. The van der Waals surface area contributed by atoms with Crippen molar-refractivity contribution in [2.24, 2.45) is 0 Å². The molecule has 1 aliphatic rings. The van der Waals surface area contributed by atoms with Crippen LogP contribution in [0, 0.1) is 0 Å². The van der Waals surface area contributed by atoms with Crippen LogP contribution in [0.25, 0.3) is 11.3 Å². The van der Waals surface area contributed by atoms with E-state index in [-0.39, 0.29) is 0 Å². The van der Waals surface area contributed by atoms with Crippen molar-refractivity contribution in [1.82, 2.24) is 5.16 Å². The molecule has 1 aromatic carbocycles. The normalized spacial score (nSPS) is 14.1. The molecular formula is C12H12N2O. The maximum atomic E-state index is 5.76. The second-order valence-corrected chi connectivity index (χ2v) is 3.95. The number of nitrogens with zero attached hydrogens (tertiary/aromatic N) is 1. The molecule has 3 heteroatoms. The first-order chi connectivity index (χ1) is 7.34. The Morgan fingerprint density at radius 3 is 2.87 bits per heavy atom. The summed E-state index contributed by atoms with van der Waals surface area (Å²) in [4.78, 5) is 0. The van der Waals surface area contributed by atoms with E-state index >= 15 is 0 Å². The number of fused-ring (bicyclic) bond motifs is 1. The molecule has 3 nitrogen and oxygen atoms in total.